The molecule has 1 unspecified atom stereocenters. The van der Waals surface area contributed by atoms with E-state index in [0.717, 1.165) is 35.3 Å². The Morgan fingerprint density at radius 2 is 2.14 bits per heavy atom. The van der Waals surface area contributed by atoms with Crippen LogP contribution in [0.5, 0.6) is 0 Å². The van der Waals surface area contributed by atoms with E-state index in [2.05, 4.69) is 42.6 Å². The van der Waals surface area contributed by atoms with Crippen LogP contribution >= 0.6 is 23.1 Å². The number of rotatable bonds is 6. The third kappa shape index (κ3) is 4.30. The summed E-state index contributed by atoms with van der Waals surface area (Å²) < 4.78 is 2.53. The average molecular weight is 417 g/mol. The SMILES string of the molecule is CCSc1nnc(NC(=O)C2CCCN(c3ccc(-n4cccn4)nn3)C2)s1. The second-order valence-corrected chi connectivity index (χ2v) is 8.77. The number of hydrogen-bond donors (Lipinski definition) is 1. The molecule has 3 aromatic rings. The number of carbonyl (C=O) groups is 1. The highest BCUT2D eigenvalue weighted by atomic mass is 32.2. The van der Waals surface area contributed by atoms with Gasteiger partial charge in [-0.1, -0.05) is 30.0 Å². The van der Waals surface area contributed by atoms with Crippen LogP contribution in [0.1, 0.15) is 19.8 Å². The van der Waals surface area contributed by atoms with Gasteiger partial charge in [-0.15, -0.1) is 20.4 Å². The first-order valence-corrected chi connectivity index (χ1v) is 10.9. The van der Waals surface area contributed by atoms with Gasteiger partial charge in [-0.2, -0.15) is 5.10 Å². The van der Waals surface area contributed by atoms with Crippen molar-refractivity contribution in [2.24, 2.45) is 5.92 Å². The Bertz CT molecular complexity index is 912. The second-order valence-electron chi connectivity index (χ2n) is 6.28. The first-order chi connectivity index (χ1) is 13.7. The van der Waals surface area contributed by atoms with Crippen molar-refractivity contribution in [3.05, 3.63) is 30.6 Å². The molecule has 146 valence electrons. The first-order valence-electron chi connectivity index (χ1n) is 9.09. The van der Waals surface area contributed by atoms with Gasteiger partial charge >= 0.3 is 0 Å². The molecule has 4 rings (SSSR count). The van der Waals surface area contributed by atoms with E-state index < -0.39 is 0 Å². The van der Waals surface area contributed by atoms with Crippen molar-refractivity contribution in [3.8, 4) is 5.82 Å². The zero-order valence-corrected chi connectivity index (χ0v) is 17.0. The number of nitrogens with one attached hydrogen (secondary N) is 1. The van der Waals surface area contributed by atoms with Gasteiger partial charge in [-0.3, -0.25) is 4.79 Å². The smallest absolute Gasteiger partial charge is 0.231 e. The summed E-state index contributed by atoms with van der Waals surface area (Å²) in [6.07, 6.45) is 5.29. The molecule has 1 amide bonds. The molecule has 0 saturated carbocycles. The van der Waals surface area contributed by atoms with E-state index in [1.807, 2.05) is 24.4 Å². The van der Waals surface area contributed by atoms with Crippen molar-refractivity contribution in [2.75, 3.05) is 29.1 Å². The van der Waals surface area contributed by atoms with Crippen LogP contribution in [0, 0.1) is 5.92 Å². The van der Waals surface area contributed by atoms with Gasteiger partial charge < -0.3 is 10.2 Å². The van der Waals surface area contributed by atoms with Gasteiger partial charge in [0.05, 0.1) is 5.92 Å². The molecule has 0 aliphatic carbocycles. The molecule has 9 nitrogen and oxygen atoms in total. The molecule has 4 heterocycles. The molecule has 1 saturated heterocycles. The molecular formula is C17H20N8OS2. The van der Waals surface area contributed by atoms with Gasteiger partial charge in [0.2, 0.25) is 11.0 Å². The highest BCUT2D eigenvalue weighted by Crippen LogP contribution is 2.27. The fraction of sp³-hybridized carbons (Fsp3) is 0.412. The molecule has 28 heavy (non-hydrogen) atoms. The number of aromatic nitrogens is 6. The Labute approximate surface area is 170 Å². The largest absolute Gasteiger partial charge is 0.354 e. The van der Waals surface area contributed by atoms with Gasteiger partial charge in [0.1, 0.15) is 0 Å². The number of piperidine rings is 1. The van der Waals surface area contributed by atoms with Crippen molar-refractivity contribution >= 4 is 40.0 Å². The fourth-order valence-electron chi connectivity index (χ4n) is 3.06. The van der Waals surface area contributed by atoms with Crippen LogP contribution in [-0.2, 0) is 4.79 Å². The Kier molecular flexibility index (Phi) is 5.81. The van der Waals surface area contributed by atoms with Crippen LogP contribution in [0.2, 0.25) is 0 Å². The second kappa shape index (κ2) is 8.65. The monoisotopic (exact) mass is 416 g/mol. The number of nitrogens with zero attached hydrogens (tertiary/aromatic N) is 7. The summed E-state index contributed by atoms with van der Waals surface area (Å²) in [5.74, 6) is 2.23. The number of anilines is 2. The Morgan fingerprint density at radius 3 is 2.89 bits per heavy atom. The lowest BCUT2D eigenvalue weighted by Gasteiger charge is -2.32. The highest BCUT2D eigenvalue weighted by Gasteiger charge is 2.27. The molecule has 0 radical (unpaired) electrons. The summed E-state index contributed by atoms with van der Waals surface area (Å²) in [5, 5.41) is 24.3. The fourth-order valence-corrected chi connectivity index (χ4v) is 4.71. The molecular weight excluding hydrogens is 396 g/mol. The maximum atomic E-state index is 12.7. The summed E-state index contributed by atoms with van der Waals surface area (Å²) in [5.41, 5.74) is 0. The van der Waals surface area contributed by atoms with E-state index >= 15 is 0 Å². The summed E-state index contributed by atoms with van der Waals surface area (Å²) in [4.78, 5) is 14.8. The zero-order chi connectivity index (χ0) is 19.3. The molecule has 1 aliphatic rings. The molecule has 1 atom stereocenters. The van der Waals surface area contributed by atoms with Gasteiger partial charge in [-0.25, -0.2) is 4.68 Å². The third-order valence-corrected chi connectivity index (χ3v) is 6.25. The van der Waals surface area contributed by atoms with Crippen LogP contribution in [0.15, 0.2) is 34.9 Å². The zero-order valence-electron chi connectivity index (χ0n) is 15.4. The van der Waals surface area contributed by atoms with E-state index in [1.54, 1.807) is 22.6 Å². The summed E-state index contributed by atoms with van der Waals surface area (Å²) in [7, 11) is 0. The lowest BCUT2D eigenvalue weighted by Crippen LogP contribution is -2.41. The molecule has 0 spiro atoms. The molecule has 0 bridgehead atoms. The topological polar surface area (TPSA) is 102 Å². The minimum atomic E-state index is -0.118. The number of amides is 1. The van der Waals surface area contributed by atoms with Crippen molar-refractivity contribution < 1.29 is 4.79 Å². The van der Waals surface area contributed by atoms with E-state index in [0.29, 0.717) is 17.5 Å². The van der Waals surface area contributed by atoms with E-state index in [1.165, 1.54) is 11.3 Å². The Morgan fingerprint density at radius 1 is 1.29 bits per heavy atom. The molecule has 1 N–H and O–H groups in total. The number of carbonyl (C=O) groups excluding carboxylic acids is 1. The predicted molar refractivity (Wildman–Crippen MR) is 109 cm³/mol. The van der Waals surface area contributed by atoms with E-state index in [4.69, 9.17) is 0 Å². The molecule has 11 heteroatoms. The molecule has 1 fully saturated rings. The quantitative estimate of drug-likeness (QED) is 0.483. The first kappa shape index (κ1) is 18.8. The minimum Gasteiger partial charge on any atom is -0.354 e. The van der Waals surface area contributed by atoms with Crippen molar-refractivity contribution in [1.29, 1.82) is 0 Å². The maximum Gasteiger partial charge on any atom is 0.231 e. The molecule has 0 aromatic carbocycles. The standard InChI is InChI=1S/C17H20N8OS2/c1-2-27-17-23-22-16(28-17)19-15(26)12-5-3-9-24(11-12)13-6-7-14(21-20-13)25-10-4-8-18-25/h4,6-8,10,12H,2-3,5,9,11H2,1H3,(H,19,22,26). The minimum absolute atomic E-state index is 0.0185. The Balaban J connectivity index is 1.38. The van der Waals surface area contributed by atoms with Crippen molar-refractivity contribution in [3.63, 3.8) is 0 Å². The van der Waals surface area contributed by atoms with Gasteiger partial charge in [-0.05, 0) is 36.8 Å². The summed E-state index contributed by atoms with van der Waals surface area (Å²) in [6, 6.07) is 5.64. The number of hydrogen-bond acceptors (Lipinski definition) is 9. The van der Waals surface area contributed by atoms with Crippen LogP contribution in [-0.4, -0.2) is 54.9 Å². The van der Waals surface area contributed by atoms with Crippen LogP contribution in [0.25, 0.3) is 5.82 Å². The van der Waals surface area contributed by atoms with Crippen LogP contribution < -0.4 is 10.2 Å². The van der Waals surface area contributed by atoms with Crippen molar-refractivity contribution in [2.45, 2.75) is 24.1 Å². The van der Waals surface area contributed by atoms with E-state index in [9.17, 15) is 4.79 Å². The van der Waals surface area contributed by atoms with Crippen LogP contribution in [0.3, 0.4) is 0 Å². The van der Waals surface area contributed by atoms with Gasteiger partial charge in [0.25, 0.3) is 0 Å². The average Bonchev–Trinajstić information content (AvgIpc) is 3.41. The Hall–Kier alpha value is -2.53. The third-order valence-electron chi connectivity index (χ3n) is 4.40. The normalized spacial score (nSPS) is 16.9. The predicted octanol–water partition coefficient (Wildman–Crippen LogP) is 2.48. The van der Waals surface area contributed by atoms with Gasteiger partial charge in [0, 0.05) is 25.5 Å². The van der Waals surface area contributed by atoms with Gasteiger partial charge in [0.15, 0.2) is 16.0 Å². The molecule has 3 aromatic heterocycles. The van der Waals surface area contributed by atoms with Crippen molar-refractivity contribution in [1.82, 2.24) is 30.2 Å². The summed E-state index contributed by atoms with van der Waals surface area (Å²) in [6.45, 7) is 3.53. The van der Waals surface area contributed by atoms with Crippen LogP contribution in [0.4, 0.5) is 10.9 Å². The lowest BCUT2D eigenvalue weighted by atomic mass is 9.97. The summed E-state index contributed by atoms with van der Waals surface area (Å²) >= 11 is 3.03. The van der Waals surface area contributed by atoms with E-state index in [-0.39, 0.29) is 11.8 Å². The number of thioether (sulfide) groups is 1. The maximum absolute atomic E-state index is 12.7. The highest BCUT2D eigenvalue weighted by molar-refractivity contribution is 8.01. The lowest BCUT2D eigenvalue weighted by molar-refractivity contribution is -0.120. The molecule has 1 aliphatic heterocycles.